The molecule has 0 unspecified atom stereocenters. The Hall–Kier alpha value is -1.04. The molecule has 120 valence electrons. The molecule has 0 spiro atoms. The van der Waals surface area contributed by atoms with Gasteiger partial charge in [0, 0.05) is 0 Å². The van der Waals surface area contributed by atoms with Crippen LogP contribution in [-0.4, -0.2) is 0 Å². The van der Waals surface area contributed by atoms with Crippen molar-refractivity contribution in [1.82, 2.24) is 0 Å². The first-order valence-corrected chi connectivity index (χ1v) is 7.86. The zero-order valence-electron chi connectivity index (χ0n) is 14.5. The quantitative estimate of drug-likeness (QED) is 0.479. The summed E-state index contributed by atoms with van der Waals surface area (Å²) in [4.78, 5) is 0. The van der Waals surface area contributed by atoms with Gasteiger partial charge in [-0.15, -0.1) is 0 Å². The smallest absolute Gasteiger partial charge is 0.0104 e. The third kappa shape index (κ3) is 6.98. The van der Waals surface area contributed by atoms with Crippen LogP contribution in [0.15, 0.2) is 47.1 Å². The molecule has 0 saturated carbocycles. The molecule has 0 bridgehead atoms. The van der Waals surface area contributed by atoms with E-state index in [1.807, 2.05) is 0 Å². The zero-order chi connectivity index (χ0) is 15.4. The van der Waals surface area contributed by atoms with Crippen LogP contribution in [0.1, 0.15) is 75.2 Å². The summed E-state index contributed by atoms with van der Waals surface area (Å²) in [5.74, 6) is 0. The number of hydrogen-bond acceptors (Lipinski definition) is 0. The molecule has 0 amide bonds. The monoisotopic (exact) mass is 288 g/mol. The summed E-state index contributed by atoms with van der Waals surface area (Å²) in [5.41, 5.74) is 5.00. The van der Waals surface area contributed by atoms with Gasteiger partial charge in [0.25, 0.3) is 0 Å². The molecule has 1 rings (SSSR count). The van der Waals surface area contributed by atoms with Crippen molar-refractivity contribution in [2.24, 2.45) is 10.8 Å². The Morgan fingerprint density at radius 1 is 1.19 bits per heavy atom. The van der Waals surface area contributed by atoms with Gasteiger partial charge in [-0.1, -0.05) is 83.6 Å². The summed E-state index contributed by atoms with van der Waals surface area (Å²) < 4.78 is 0. The predicted octanol–water partition coefficient (Wildman–Crippen LogP) is 7.25. The van der Waals surface area contributed by atoms with Gasteiger partial charge in [0.1, 0.15) is 0 Å². The van der Waals surface area contributed by atoms with Gasteiger partial charge >= 0.3 is 0 Å². The highest BCUT2D eigenvalue weighted by atomic mass is 14.3. The first kappa shape index (κ1) is 20.0. The van der Waals surface area contributed by atoms with Crippen LogP contribution < -0.4 is 0 Å². The fourth-order valence-corrected chi connectivity index (χ4v) is 2.77. The molecule has 0 aromatic rings. The maximum atomic E-state index is 2.37. The van der Waals surface area contributed by atoms with Crippen LogP contribution in [0.25, 0.3) is 0 Å². The standard InChI is InChI=1S/C20H32.CH4/c1-16(10-8-14-19(3,4)5)12-13-18-17(2)11-9-15-20(18,6)7;/h8,10,12-14H,9,11,15H2,1-7H3;1H4/b13-12+,14-8+,16-10+;. The third-order valence-electron chi connectivity index (χ3n) is 4.01. The summed E-state index contributed by atoms with van der Waals surface area (Å²) in [6.07, 6.45) is 15.1. The van der Waals surface area contributed by atoms with Gasteiger partial charge in [0.2, 0.25) is 0 Å². The van der Waals surface area contributed by atoms with E-state index in [9.17, 15) is 0 Å². The lowest BCUT2D eigenvalue weighted by Gasteiger charge is -2.32. The van der Waals surface area contributed by atoms with Crippen LogP contribution in [0.3, 0.4) is 0 Å². The van der Waals surface area contributed by atoms with Crippen molar-refractivity contribution in [2.75, 3.05) is 0 Å². The molecular formula is C21H36. The molecule has 0 aromatic carbocycles. The lowest BCUT2D eigenvalue weighted by Crippen LogP contribution is -2.19. The van der Waals surface area contributed by atoms with Gasteiger partial charge in [-0.25, -0.2) is 0 Å². The second kappa shape index (κ2) is 7.82. The van der Waals surface area contributed by atoms with E-state index in [0.717, 1.165) is 0 Å². The van der Waals surface area contributed by atoms with E-state index < -0.39 is 0 Å². The lowest BCUT2D eigenvalue weighted by atomic mass is 9.72. The van der Waals surface area contributed by atoms with Crippen molar-refractivity contribution >= 4 is 0 Å². The number of hydrogen-bond donors (Lipinski definition) is 0. The average molecular weight is 289 g/mol. The fourth-order valence-electron chi connectivity index (χ4n) is 2.77. The molecule has 1 aliphatic rings. The van der Waals surface area contributed by atoms with Crippen molar-refractivity contribution < 1.29 is 0 Å². The van der Waals surface area contributed by atoms with E-state index in [1.165, 1.54) is 30.4 Å². The summed E-state index contributed by atoms with van der Waals surface area (Å²) in [6, 6.07) is 0. The third-order valence-corrected chi connectivity index (χ3v) is 4.01. The molecule has 21 heavy (non-hydrogen) atoms. The summed E-state index contributed by atoms with van der Waals surface area (Å²) in [6.45, 7) is 15.9. The van der Waals surface area contributed by atoms with Crippen LogP contribution in [0.5, 0.6) is 0 Å². The van der Waals surface area contributed by atoms with Crippen molar-refractivity contribution in [3.63, 3.8) is 0 Å². The van der Waals surface area contributed by atoms with Gasteiger partial charge in [-0.2, -0.15) is 0 Å². The normalized spacial score (nSPS) is 20.2. The maximum Gasteiger partial charge on any atom is -0.0104 e. The van der Waals surface area contributed by atoms with Crippen LogP contribution in [0.2, 0.25) is 0 Å². The summed E-state index contributed by atoms with van der Waals surface area (Å²) >= 11 is 0. The van der Waals surface area contributed by atoms with E-state index in [1.54, 1.807) is 5.57 Å². The largest absolute Gasteiger partial charge is 0.0791 e. The first-order valence-electron chi connectivity index (χ1n) is 7.86. The molecule has 0 saturated heterocycles. The molecule has 0 nitrogen and oxygen atoms in total. The summed E-state index contributed by atoms with van der Waals surface area (Å²) in [7, 11) is 0. The predicted molar refractivity (Wildman–Crippen MR) is 98.6 cm³/mol. The van der Waals surface area contributed by atoms with Gasteiger partial charge < -0.3 is 0 Å². The molecule has 0 atom stereocenters. The Labute approximate surface area is 133 Å². The highest BCUT2D eigenvalue weighted by Crippen LogP contribution is 2.40. The molecule has 0 radical (unpaired) electrons. The number of allylic oxidation sites excluding steroid dienone is 8. The van der Waals surface area contributed by atoms with E-state index in [0.29, 0.717) is 5.41 Å². The van der Waals surface area contributed by atoms with Crippen LogP contribution in [0.4, 0.5) is 0 Å². The van der Waals surface area contributed by atoms with Crippen molar-refractivity contribution in [1.29, 1.82) is 0 Å². The van der Waals surface area contributed by atoms with E-state index in [2.05, 4.69) is 78.8 Å². The van der Waals surface area contributed by atoms with Crippen LogP contribution in [-0.2, 0) is 0 Å². The molecule has 0 heterocycles. The molecular weight excluding hydrogens is 252 g/mol. The van der Waals surface area contributed by atoms with E-state index >= 15 is 0 Å². The topological polar surface area (TPSA) is 0 Å². The molecule has 0 aromatic heterocycles. The Morgan fingerprint density at radius 3 is 2.33 bits per heavy atom. The van der Waals surface area contributed by atoms with Crippen molar-refractivity contribution in [3.8, 4) is 0 Å². The second-order valence-electron chi connectivity index (χ2n) is 7.90. The van der Waals surface area contributed by atoms with E-state index in [-0.39, 0.29) is 12.8 Å². The average Bonchev–Trinajstić information content (AvgIpc) is 2.25. The molecule has 0 aliphatic heterocycles. The van der Waals surface area contributed by atoms with Gasteiger partial charge in [0.15, 0.2) is 0 Å². The number of rotatable bonds is 3. The Morgan fingerprint density at radius 2 is 1.81 bits per heavy atom. The Kier molecular flexibility index (Phi) is 7.44. The Balaban J connectivity index is 0.00000400. The van der Waals surface area contributed by atoms with Crippen molar-refractivity contribution in [3.05, 3.63) is 47.1 Å². The van der Waals surface area contributed by atoms with Gasteiger partial charge in [-0.05, 0) is 49.5 Å². The minimum Gasteiger partial charge on any atom is -0.0791 e. The molecule has 0 heteroatoms. The minimum atomic E-state index is 0. The van der Waals surface area contributed by atoms with Gasteiger partial charge in [-0.3, -0.25) is 0 Å². The van der Waals surface area contributed by atoms with Crippen LogP contribution >= 0.6 is 0 Å². The Bertz CT molecular complexity index is 445. The zero-order valence-corrected chi connectivity index (χ0v) is 14.5. The maximum absolute atomic E-state index is 2.37. The first-order chi connectivity index (χ1) is 9.12. The molecule has 1 aliphatic carbocycles. The van der Waals surface area contributed by atoms with E-state index in [4.69, 9.17) is 0 Å². The SMILES string of the molecule is C.CC1=C(/C=C/C(C)=C/C=C/C(C)(C)C)C(C)(C)CCC1. The molecule has 0 N–H and O–H groups in total. The second-order valence-corrected chi connectivity index (χ2v) is 7.90. The lowest BCUT2D eigenvalue weighted by molar-refractivity contribution is 0.377. The summed E-state index contributed by atoms with van der Waals surface area (Å²) in [5, 5.41) is 0. The minimum absolute atomic E-state index is 0. The van der Waals surface area contributed by atoms with Gasteiger partial charge in [0.05, 0.1) is 0 Å². The highest BCUT2D eigenvalue weighted by Gasteiger charge is 2.26. The highest BCUT2D eigenvalue weighted by molar-refractivity contribution is 5.36. The fraction of sp³-hybridized carbons (Fsp3) is 0.619. The van der Waals surface area contributed by atoms with Crippen molar-refractivity contribution in [2.45, 2.75) is 75.2 Å². The molecule has 0 fully saturated rings. The van der Waals surface area contributed by atoms with Crippen LogP contribution in [0, 0.1) is 10.8 Å².